The van der Waals surface area contributed by atoms with Gasteiger partial charge in [0, 0.05) is 18.5 Å². The van der Waals surface area contributed by atoms with Crippen LogP contribution in [-0.4, -0.2) is 17.0 Å². The Morgan fingerprint density at radius 1 is 1.10 bits per heavy atom. The van der Waals surface area contributed by atoms with Crippen LogP contribution >= 0.6 is 0 Å². The van der Waals surface area contributed by atoms with Gasteiger partial charge in [0.05, 0.1) is 11.3 Å². The van der Waals surface area contributed by atoms with Crippen molar-refractivity contribution in [3.63, 3.8) is 0 Å². The summed E-state index contributed by atoms with van der Waals surface area (Å²) in [5.41, 5.74) is 1.23. The van der Waals surface area contributed by atoms with Crippen LogP contribution in [0.15, 0.2) is 12.1 Å². The van der Waals surface area contributed by atoms with Gasteiger partial charge in [-0.3, -0.25) is 0 Å². The van der Waals surface area contributed by atoms with Gasteiger partial charge in [0.15, 0.2) is 0 Å². The summed E-state index contributed by atoms with van der Waals surface area (Å²) in [4.78, 5) is 8.77. The molecule has 0 atom stereocenters. The van der Waals surface area contributed by atoms with Gasteiger partial charge in [0.25, 0.3) is 0 Å². The normalized spacial score (nSPS) is 11.0. The fourth-order valence-electron chi connectivity index (χ4n) is 2.15. The SMILES string of the molecule is CNc1nc(C(C)C)nc(-c2c(F)ccc(C)c2F)c1C. The van der Waals surface area contributed by atoms with Crippen LogP contribution in [0.3, 0.4) is 0 Å². The molecule has 0 unspecified atom stereocenters. The Balaban J connectivity index is 2.80. The van der Waals surface area contributed by atoms with Crippen LogP contribution in [0.1, 0.15) is 36.7 Å². The Morgan fingerprint density at radius 2 is 1.76 bits per heavy atom. The van der Waals surface area contributed by atoms with Crippen LogP contribution in [0.5, 0.6) is 0 Å². The minimum Gasteiger partial charge on any atom is -0.373 e. The molecule has 0 saturated carbocycles. The lowest BCUT2D eigenvalue weighted by molar-refractivity contribution is 0.582. The number of anilines is 1. The number of hydrogen-bond donors (Lipinski definition) is 1. The van der Waals surface area contributed by atoms with Gasteiger partial charge in [-0.1, -0.05) is 19.9 Å². The van der Waals surface area contributed by atoms with Gasteiger partial charge in [0.1, 0.15) is 23.3 Å². The summed E-state index contributed by atoms with van der Waals surface area (Å²) in [5.74, 6) is 0.0156. The minimum absolute atomic E-state index is 0.0624. The third-order valence-electron chi connectivity index (χ3n) is 3.44. The molecule has 21 heavy (non-hydrogen) atoms. The molecule has 2 rings (SSSR count). The van der Waals surface area contributed by atoms with E-state index in [1.165, 1.54) is 12.1 Å². The summed E-state index contributed by atoms with van der Waals surface area (Å²) in [6.07, 6.45) is 0. The van der Waals surface area contributed by atoms with E-state index in [-0.39, 0.29) is 11.5 Å². The van der Waals surface area contributed by atoms with Crippen molar-refractivity contribution in [2.24, 2.45) is 0 Å². The van der Waals surface area contributed by atoms with Crippen molar-refractivity contribution in [1.82, 2.24) is 9.97 Å². The number of nitrogens with zero attached hydrogens (tertiary/aromatic N) is 2. The van der Waals surface area contributed by atoms with E-state index in [1.54, 1.807) is 20.9 Å². The smallest absolute Gasteiger partial charge is 0.138 e. The number of hydrogen-bond acceptors (Lipinski definition) is 3. The fourth-order valence-corrected chi connectivity index (χ4v) is 2.15. The van der Waals surface area contributed by atoms with Crippen LogP contribution in [0.2, 0.25) is 0 Å². The lowest BCUT2D eigenvalue weighted by Gasteiger charge is -2.15. The third kappa shape index (κ3) is 2.73. The van der Waals surface area contributed by atoms with Crippen molar-refractivity contribution in [3.8, 4) is 11.3 Å². The van der Waals surface area contributed by atoms with E-state index in [0.717, 1.165) is 0 Å². The number of nitrogens with one attached hydrogen (secondary N) is 1. The number of aromatic nitrogens is 2. The van der Waals surface area contributed by atoms with Gasteiger partial charge in [-0.05, 0) is 25.5 Å². The molecular formula is C16H19F2N3. The molecule has 112 valence electrons. The molecule has 3 nitrogen and oxygen atoms in total. The van der Waals surface area contributed by atoms with Crippen LogP contribution < -0.4 is 5.32 Å². The van der Waals surface area contributed by atoms with Crippen molar-refractivity contribution in [3.05, 3.63) is 40.7 Å². The first-order valence-electron chi connectivity index (χ1n) is 6.88. The van der Waals surface area contributed by atoms with E-state index >= 15 is 0 Å². The van der Waals surface area contributed by atoms with Crippen molar-refractivity contribution < 1.29 is 8.78 Å². The standard InChI is InChI=1S/C16H19F2N3/c1-8(2)15-20-14(10(4)16(19-5)21-15)12-11(17)7-6-9(3)13(12)18/h6-8H,1-5H3,(H,19,20,21). The molecule has 0 aliphatic heterocycles. The molecule has 1 N–H and O–H groups in total. The Hall–Kier alpha value is -2.04. The van der Waals surface area contributed by atoms with E-state index in [2.05, 4.69) is 15.3 Å². The third-order valence-corrected chi connectivity index (χ3v) is 3.44. The Kier molecular flexibility index (Phi) is 4.21. The lowest BCUT2D eigenvalue weighted by atomic mass is 10.0. The first-order valence-corrected chi connectivity index (χ1v) is 6.88. The molecule has 0 radical (unpaired) electrons. The van der Waals surface area contributed by atoms with E-state index in [9.17, 15) is 8.78 Å². The highest BCUT2D eigenvalue weighted by Gasteiger charge is 2.20. The van der Waals surface area contributed by atoms with E-state index in [0.29, 0.717) is 28.5 Å². The summed E-state index contributed by atoms with van der Waals surface area (Å²) in [5, 5.41) is 2.96. The van der Waals surface area contributed by atoms with Gasteiger partial charge >= 0.3 is 0 Å². The number of rotatable bonds is 3. The first kappa shape index (κ1) is 15.4. The summed E-state index contributed by atoms with van der Waals surface area (Å²) in [7, 11) is 1.73. The molecule has 5 heteroatoms. The second-order valence-electron chi connectivity index (χ2n) is 5.36. The average Bonchev–Trinajstić information content (AvgIpc) is 2.44. The van der Waals surface area contributed by atoms with Gasteiger partial charge < -0.3 is 5.32 Å². The van der Waals surface area contributed by atoms with Gasteiger partial charge in [-0.2, -0.15) is 0 Å². The summed E-state index contributed by atoms with van der Waals surface area (Å²) in [6, 6.07) is 2.69. The molecule has 0 amide bonds. The molecule has 1 aromatic heterocycles. The zero-order valence-electron chi connectivity index (χ0n) is 12.9. The molecule has 2 aromatic rings. The largest absolute Gasteiger partial charge is 0.373 e. The first-order chi connectivity index (χ1) is 9.86. The highest BCUT2D eigenvalue weighted by Crippen LogP contribution is 2.32. The molecular weight excluding hydrogens is 272 g/mol. The van der Waals surface area contributed by atoms with Crippen molar-refractivity contribution >= 4 is 5.82 Å². The van der Waals surface area contributed by atoms with Crippen molar-refractivity contribution in [2.45, 2.75) is 33.6 Å². The van der Waals surface area contributed by atoms with Crippen LogP contribution in [0.25, 0.3) is 11.3 Å². The number of halogens is 2. The molecule has 0 spiro atoms. The summed E-state index contributed by atoms with van der Waals surface area (Å²) >= 11 is 0. The van der Waals surface area contributed by atoms with Gasteiger partial charge in [0.2, 0.25) is 0 Å². The Bertz CT molecular complexity index is 682. The van der Waals surface area contributed by atoms with Crippen molar-refractivity contribution in [1.29, 1.82) is 0 Å². The maximum atomic E-state index is 14.4. The number of benzene rings is 1. The maximum Gasteiger partial charge on any atom is 0.138 e. The van der Waals surface area contributed by atoms with Crippen LogP contribution in [0.4, 0.5) is 14.6 Å². The lowest BCUT2D eigenvalue weighted by Crippen LogP contribution is -2.08. The van der Waals surface area contributed by atoms with Crippen LogP contribution in [0, 0.1) is 25.5 Å². The highest BCUT2D eigenvalue weighted by atomic mass is 19.1. The molecule has 0 aliphatic rings. The Labute approximate surface area is 123 Å². The van der Waals surface area contributed by atoms with Gasteiger partial charge in [-0.15, -0.1) is 0 Å². The topological polar surface area (TPSA) is 37.8 Å². The Morgan fingerprint density at radius 3 is 2.33 bits per heavy atom. The van der Waals surface area contributed by atoms with Gasteiger partial charge in [-0.25, -0.2) is 18.7 Å². The fraction of sp³-hybridized carbons (Fsp3) is 0.375. The van der Waals surface area contributed by atoms with Crippen molar-refractivity contribution in [2.75, 3.05) is 12.4 Å². The average molecular weight is 291 g/mol. The summed E-state index contributed by atoms with van der Waals surface area (Å²) < 4.78 is 28.5. The molecule has 0 bridgehead atoms. The number of aryl methyl sites for hydroxylation is 1. The maximum absolute atomic E-state index is 14.4. The quantitative estimate of drug-likeness (QED) is 0.920. The highest BCUT2D eigenvalue weighted by molar-refractivity contribution is 5.70. The molecule has 1 heterocycles. The van der Waals surface area contributed by atoms with E-state index in [1.807, 2.05) is 13.8 Å². The van der Waals surface area contributed by atoms with E-state index in [4.69, 9.17) is 0 Å². The minimum atomic E-state index is -0.614. The molecule has 0 fully saturated rings. The monoisotopic (exact) mass is 291 g/mol. The summed E-state index contributed by atoms with van der Waals surface area (Å²) in [6.45, 7) is 7.25. The molecule has 1 aromatic carbocycles. The second-order valence-corrected chi connectivity index (χ2v) is 5.36. The zero-order chi connectivity index (χ0) is 15.7. The predicted octanol–water partition coefficient (Wildman–Crippen LogP) is 4.20. The zero-order valence-corrected chi connectivity index (χ0v) is 12.9. The van der Waals surface area contributed by atoms with Crippen LogP contribution in [-0.2, 0) is 0 Å². The molecule has 0 aliphatic carbocycles. The van der Waals surface area contributed by atoms with E-state index < -0.39 is 11.6 Å². The second kappa shape index (κ2) is 5.76. The molecule has 0 saturated heterocycles. The predicted molar refractivity (Wildman–Crippen MR) is 80.5 cm³/mol.